The summed E-state index contributed by atoms with van der Waals surface area (Å²) in [5, 5.41) is 0. The standard InChI is InChI=1S/C19H23NO4/c1-13-6-8-14(9-7-13)12-20(2)19(21)15-10-16(22-3)18(24-5)17(11-15)23-4/h6-11H,12H2,1-5H3. The van der Waals surface area contributed by atoms with Crippen molar-refractivity contribution in [3.8, 4) is 17.2 Å². The van der Waals surface area contributed by atoms with Crippen molar-refractivity contribution in [3.05, 3.63) is 53.1 Å². The zero-order valence-electron chi connectivity index (χ0n) is 14.8. The van der Waals surface area contributed by atoms with Gasteiger partial charge >= 0.3 is 0 Å². The highest BCUT2D eigenvalue weighted by Crippen LogP contribution is 2.38. The van der Waals surface area contributed by atoms with E-state index in [-0.39, 0.29) is 5.91 Å². The molecule has 0 aliphatic heterocycles. The van der Waals surface area contributed by atoms with Crippen molar-refractivity contribution >= 4 is 5.91 Å². The lowest BCUT2D eigenvalue weighted by molar-refractivity contribution is 0.0784. The van der Waals surface area contributed by atoms with Crippen LogP contribution in [0.1, 0.15) is 21.5 Å². The Morgan fingerprint density at radius 2 is 1.50 bits per heavy atom. The summed E-state index contributed by atoms with van der Waals surface area (Å²) in [6.07, 6.45) is 0. The summed E-state index contributed by atoms with van der Waals surface area (Å²) in [4.78, 5) is 14.4. The molecule has 0 atom stereocenters. The second-order valence-electron chi connectivity index (χ2n) is 5.56. The van der Waals surface area contributed by atoms with E-state index in [2.05, 4.69) is 0 Å². The number of benzene rings is 2. The topological polar surface area (TPSA) is 48.0 Å². The fraction of sp³-hybridized carbons (Fsp3) is 0.316. The summed E-state index contributed by atoms with van der Waals surface area (Å²) in [6.45, 7) is 2.56. The van der Waals surface area contributed by atoms with Crippen molar-refractivity contribution in [1.82, 2.24) is 4.90 Å². The average Bonchev–Trinajstić information content (AvgIpc) is 2.61. The van der Waals surface area contributed by atoms with Crippen LogP contribution in [0.3, 0.4) is 0 Å². The van der Waals surface area contributed by atoms with E-state index in [1.54, 1.807) is 24.1 Å². The average molecular weight is 329 g/mol. The second-order valence-corrected chi connectivity index (χ2v) is 5.56. The van der Waals surface area contributed by atoms with Gasteiger partial charge in [0.25, 0.3) is 5.91 Å². The summed E-state index contributed by atoms with van der Waals surface area (Å²) >= 11 is 0. The zero-order valence-corrected chi connectivity index (χ0v) is 14.8. The minimum atomic E-state index is -0.116. The van der Waals surface area contributed by atoms with Crippen LogP contribution in [0.4, 0.5) is 0 Å². The third kappa shape index (κ3) is 3.79. The summed E-state index contributed by atoms with van der Waals surface area (Å²) < 4.78 is 15.9. The molecule has 2 aromatic carbocycles. The van der Waals surface area contributed by atoms with Gasteiger partial charge in [0.15, 0.2) is 11.5 Å². The van der Waals surface area contributed by atoms with Gasteiger partial charge < -0.3 is 19.1 Å². The van der Waals surface area contributed by atoms with E-state index in [0.29, 0.717) is 29.4 Å². The van der Waals surface area contributed by atoms with Crippen LogP contribution in [-0.4, -0.2) is 39.2 Å². The number of ether oxygens (including phenoxy) is 3. The number of nitrogens with zero attached hydrogens (tertiary/aromatic N) is 1. The van der Waals surface area contributed by atoms with E-state index < -0.39 is 0 Å². The minimum absolute atomic E-state index is 0.116. The number of carbonyl (C=O) groups is 1. The van der Waals surface area contributed by atoms with Crippen LogP contribution in [0, 0.1) is 6.92 Å². The first-order chi connectivity index (χ1) is 11.5. The van der Waals surface area contributed by atoms with Crippen molar-refractivity contribution in [2.45, 2.75) is 13.5 Å². The highest BCUT2D eigenvalue weighted by atomic mass is 16.5. The molecule has 0 radical (unpaired) electrons. The second kappa shape index (κ2) is 7.73. The third-order valence-corrected chi connectivity index (χ3v) is 3.80. The minimum Gasteiger partial charge on any atom is -0.493 e. The first kappa shape index (κ1) is 17.7. The number of methoxy groups -OCH3 is 3. The maximum Gasteiger partial charge on any atom is 0.254 e. The monoisotopic (exact) mass is 329 g/mol. The van der Waals surface area contributed by atoms with Gasteiger partial charge in [-0.15, -0.1) is 0 Å². The molecule has 2 aromatic rings. The van der Waals surface area contributed by atoms with Gasteiger partial charge in [-0.25, -0.2) is 0 Å². The van der Waals surface area contributed by atoms with Crippen LogP contribution < -0.4 is 14.2 Å². The summed E-state index contributed by atoms with van der Waals surface area (Å²) in [6, 6.07) is 11.4. The lowest BCUT2D eigenvalue weighted by Crippen LogP contribution is -2.26. The molecule has 1 amide bonds. The summed E-state index contributed by atoms with van der Waals surface area (Å²) in [5.74, 6) is 1.28. The lowest BCUT2D eigenvalue weighted by Gasteiger charge is -2.19. The summed E-state index contributed by atoms with van der Waals surface area (Å²) in [7, 11) is 6.36. The van der Waals surface area contributed by atoms with Crippen molar-refractivity contribution in [2.24, 2.45) is 0 Å². The molecule has 0 saturated heterocycles. The molecule has 0 saturated carbocycles. The van der Waals surface area contributed by atoms with Crippen molar-refractivity contribution < 1.29 is 19.0 Å². The Bertz CT molecular complexity index is 685. The van der Waals surface area contributed by atoms with Gasteiger partial charge in [0.1, 0.15) is 0 Å². The molecule has 0 aromatic heterocycles. The molecule has 2 rings (SSSR count). The molecule has 0 aliphatic rings. The number of hydrogen-bond donors (Lipinski definition) is 0. The van der Waals surface area contributed by atoms with Gasteiger partial charge in [-0.3, -0.25) is 4.79 Å². The maximum absolute atomic E-state index is 12.7. The molecule has 5 heteroatoms. The van der Waals surface area contributed by atoms with E-state index in [0.717, 1.165) is 5.56 Å². The van der Waals surface area contributed by atoms with E-state index in [1.165, 1.54) is 26.9 Å². The first-order valence-corrected chi connectivity index (χ1v) is 7.61. The van der Waals surface area contributed by atoms with Crippen molar-refractivity contribution in [1.29, 1.82) is 0 Å². The molecule has 0 N–H and O–H groups in total. The van der Waals surface area contributed by atoms with Crippen molar-refractivity contribution in [2.75, 3.05) is 28.4 Å². The first-order valence-electron chi connectivity index (χ1n) is 7.61. The Kier molecular flexibility index (Phi) is 5.68. The number of carbonyl (C=O) groups excluding carboxylic acids is 1. The largest absolute Gasteiger partial charge is 0.493 e. The zero-order chi connectivity index (χ0) is 17.7. The van der Waals surface area contributed by atoms with Crippen LogP contribution in [0.15, 0.2) is 36.4 Å². The molecule has 128 valence electrons. The normalized spacial score (nSPS) is 10.2. The van der Waals surface area contributed by atoms with Gasteiger partial charge in [0.2, 0.25) is 5.75 Å². The fourth-order valence-electron chi connectivity index (χ4n) is 2.46. The molecular formula is C19H23NO4. The van der Waals surface area contributed by atoms with Gasteiger partial charge in [0.05, 0.1) is 21.3 Å². The summed E-state index contributed by atoms with van der Waals surface area (Å²) in [5.41, 5.74) is 2.75. The van der Waals surface area contributed by atoms with Gasteiger partial charge in [-0.2, -0.15) is 0 Å². The van der Waals surface area contributed by atoms with Crippen molar-refractivity contribution in [3.63, 3.8) is 0 Å². The smallest absolute Gasteiger partial charge is 0.254 e. The van der Waals surface area contributed by atoms with Crippen LogP contribution in [0.5, 0.6) is 17.2 Å². The van der Waals surface area contributed by atoms with Gasteiger partial charge in [0, 0.05) is 19.2 Å². The highest BCUT2D eigenvalue weighted by molar-refractivity contribution is 5.95. The van der Waals surface area contributed by atoms with E-state index in [9.17, 15) is 4.79 Å². The fourth-order valence-corrected chi connectivity index (χ4v) is 2.46. The Hall–Kier alpha value is -2.69. The van der Waals surface area contributed by atoms with Crippen LogP contribution in [0.2, 0.25) is 0 Å². The number of amides is 1. The maximum atomic E-state index is 12.7. The molecule has 0 unspecified atom stereocenters. The lowest BCUT2D eigenvalue weighted by atomic mass is 10.1. The molecule has 24 heavy (non-hydrogen) atoms. The SMILES string of the molecule is COc1cc(C(=O)N(C)Cc2ccc(C)cc2)cc(OC)c1OC. The van der Waals surface area contributed by atoms with E-state index in [4.69, 9.17) is 14.2 Å². The quantitative estimate of drug-likeness (QED) is 0.816. The van der Waals surface area contributed by atoms with Crippen LogP contribution in [-0.2, 0) is 6.54 Å². The molecule has 0 fully saturated rings. The Balaban J connectivity index is 2.26. The Morgan fingerprint density at radius 3 is 1.96 bits per heavy atom. The van der Waals surface area contributed by atoms with Gasteiger partial charge in [-0.1, -0.05) is 29.8 Å². The number of hydrogen-bond acceptors (Lipinski definition) is 4. The van der Waals surface area contributed by atoms with Crippen LogP contribution >= 0.6 is 0 Å². The predicted octanol–water partition coefficient (Wildman–Crippen LogP) is 3.29. The predicted molar refractivity (Wildman–Crippen MR) is 93.1 cm³/mol. The molecule has 0 bridgehead atoms. The Labute approximate surface area is 142 Å². The molecule has 0 spiro atoms. The van der Waals surface area contributed by atoms with Gasteiger partial charge in [-0.05, 0) is 24.6 Å². The van der Waals surface area contributed by atoms with E-state index in [1.807, 2.05) is 31.2 Å². The molecule has 5 nitrogen and oxygen atoms in total. The molecule has 0 aliphatic carbocycles. The van der Waals surface area contributed by atoms with Crippen LogP contribution in [0.25, 0.3) is 0 Å². The highest BCUT2D eigenvalue weighted by Gasteiger charge is 2.19. The number of aryl methyl sites for hydroxylation is 1. The Morgan fingerprint density at radius 1 is 0.958 bits per heavy atom. The third-order valence-electron chi connectivity index (χ3n) is 3.80. The number of rotatable bonds is 6. The molecular weight excluding hydrogens is 306 g/mol. The van der Waals surface area contributed by atoms with E-state index >= 15 is 0 Å². The molecule has 0 heterocycles.